The van der Waals surface area contributed by atoms with Crippen LogP contribution in [-0.2, 0) is 26.2 Å². The molecule has 0 spiro atoms. The molecule has 7 nitrogen and oxygen atoms in total. The highest BCUT2D eigenvalue weighted by atomic mass is 35.5. The average Bonchev–Trinajstić information content (AvgIpc) is 3.21. The molecule has 3 rings (SSSR count). The zero-order chi connectivity index (χ0) is 22.6. The Morgan fingerprint density at radius 2 is 1.81 bits per heavy atom. The predicted molar refractivity (Wildman–Crippen MR) is 119 cm³/mol. The second-order valence-electron chi connectivity index (χ2n) is 6.63. The molecule has 0 bridgehead atoms. The Morgan fingerprint density at radius 3 is 2.45 bits per heavy atom. The number of sulfonamides is 1. The van der Waals surface area contributed by atoms with Gasteiger partial charge in [-0.05, 0) is 25.1 Å². The number of likely N-dealkylation sites (N-methyl/N-ethyl adjacent to an activating group) is 1. The monoisotopic (exact) mass is 478 g/mol. The summed E-state index contributed by atoms with van der Waals surface area (Å²) in [4.78, 5) is 27.9. The second kappa shape index (κ2) is 9.69. The minimum absolute atomic E-state index is 0.0170. The molecule has 0 aliphatic rings. The summed E-state index contributed by atoms with van der Waals surface area (Å²) in [6.07, 6.45) is 0. The maximum atomic E-state index is 12.6. The number of aromatic nitrogens is 1. The summed E-state index contributed by atoms with van der Waals surface area (Å²) in [5.41, 5.74) is 1.73. The van der Waals surface area contributed by atoms with E-state index in [1.165, 1.54) is 49.6 Å². The summed E-state index contributed by atoms with van der Waals surface area (Å²) in [6, 6.07) is 12.8. The van der Waals surface area contributed by atoms with Crippen molar-refractivity contribution in [2.45, 2.75) is 18.4 Å². The summed E-state index contributed by atoms with van der Waals surface area (Å²) in [7, 11) is -2.62. The quantitative estimate of drug-likeness (QED) is 0.358. The molecular weight excluding hydrogens is 460 g/mol. The highest BCUT2D eigenvalue weighted by Crippen LogP contribution is 2.30. The molecule has 0 saturated heterocycles. The van der Waals surface area contributed by atoms with Gasteiger partial charge in [-0.25, -0.2) is 13.4 Å². The summed E-state index contributed by atoms with van der Waals surface area (Å²) in [5.74, 6) is -0.876. The van der Waals surface area contributed by atoms with Crippen molar-refractivity contribution in [1.82, 2.24) is 9.29 Å². The van der Waals surface area contributed by atoms with E-state index in [0.29, 0.717) is 21.3 Å². The molecule has 31 heavy (non-hydrogen) atoms. The van der Waals surface area contributed by atoms with Crippen molar-refractivity contribution < 1.29 is 22.7 Å². The van der Waals surface area contributed by atoms with Gasteiger partial charge in [-0.15, -0.1) is 11.3 Å². The third-order valence-corrected chi connectivity index (χ3v) is 7.43. The lowest BCUT2D eigenvalue weighted by atomic mass is 10.2. The second-order valence-corrected chi connectivity index (χ2v) is 9.94. The van der Waals surface area contributed by atoms with E-state index in [0.717, 1.165) is 9.87 Å². The van der Waals surface area contributed by atoms with Gasteiger partial charge in [0.15, 0.2) is 5.78 Å². The predicted octanol–water partition coefficient (Wildman–Crippen LogP) is 4.03. The number of rotatable bonds is 8. The zero-order valence-corrected chi connectivity index (χ0v) is 19.1. The number of hydrogen-bond donors (Lipinski definition) is 0. The molecule has 1 aromatic heterocycles. The van der Waals surface area contributed by atoms with Crippen LogP contribution in [-0.4, -0.2) is 43.1 Å². The molecule has 0 unspecified atom stereocenters. The third kappa shape index (κ3) is 5.56. The standard InChI is InChI=1S/C21H19ClN2O5S2/c1-14(25)15-7-9-17(10-8-15)31(27,28)24(2)11-20(26)29-12-16-13-30-21(23-16)18-5-3-4-6-19(18)22/h3-10,13H,11-12H2,1-2H3. The number of ether oxygens (including phenoxy) is 1. The molecule has 0 amide bonds. The van der Waals surface area contributed by atoms with E-state index in [1.807, 2.05) is 18.2 Å². The Morgan fingerprint density at radius 1 is 1.13 bits per heavy atom. The van der Waals surface area contributed by atoms with Gasteiger partial charge in [0.2, 0.25) is 10.0 Å². The molecule has 10 heteroatoms. The van der Waals surface area contributed by atoms with Gasteiger partial charge in [0.1, 0.15) is 18.2 Å². The lowest BCUT2D eigenvalue weighted by Gasteiger charge is -2.16. The van der Waals surface area contributed by atoms with E-state index in [1.54, 1.807) is 11.4 Å². The Kier molecular flexibility index (Phi) is 7.22. The largest absolute Gasteiger partial charge is 0.458 e. The Labute approximate surface area is 189 Å². The van der Waals surface area contributed by atoms with Crippen molar-refractivity contribution in [3.05, 3.63) is 70.2 Å². The number of nitrogens with zero attached hydrogens (tertiary/aromatic N) is 2. The molecule has 0 saturated carbocycles. The van der Waals surface area contributed by atoms with E-state index in [2.05, 4.69) is 4.98 Å². The number of halogens is 1. The zero-order valence-electron chi connectivity index (χ0n) is 16.7. The van der Waals surface area contributed by atoms with Crippen LogP contribution in [0.3, 0.4) is 0 Å². The van der Waals surface area contributed by atoms with Crippen molar-refractivity contribution in [1.29, 1.82) is 0 Å². The van der Waals surface area contributed by atoms with Crippen LogP contribution in [0.2, 0.25) is 5.02 Å². The van der Waals surface area contributed by atoms with E-state index in [9.17, 15) is 18.0 Å². The highest BCUT2D eigenvalue weighted by molar-refractivity contribution is 7.89. The molecule has 2 aromatic carbocycles. The van der Waals surface area contributed by atoms with E-state index in [-0.39, 0.29) is 17.3 Å². The Balaban J connectivity index is 1.59. The first-order chi connectivity index (χ1) is 14.7. The first-order valence-corrected chi connectivity index (χ1v) is 11.8. The first kappa shape index (κ1) is 23.1. The van der Waals surface area contributed by atoms with Crippen molar-refractivity contribution in [2.75, 3.05) is 13.6 Å². The van der Waals surface area contributed by atoms with Crippen LogP contribution in [0.1, 0.15) is 23.0 Å². The van der Waals surface area contributed by atoms with Crippen molar-refractivity contribution in [3.63, 3.8) is 0 Å². The fourth-order valence-corrected chi connectivity index (χ4v) is 4.88. The molecular formula is C21H19ClN2O5S2. The maximum absolute atomic E-state index is 12.6. The number of benzene rings is 2. The van der Waals surface area contributed by atoms with Crippen LogP contribution in [0.5, 0.6) is 0 Å². The summed E-state index contributed by atoms with van der Waals surface area (Å²) < 4.78 is 31.3. The molecule has 1 heterocycles. The van der Waals surface area contributed by atoms with E-state index in [4.69, 9.17) is 16.3 Å². The smallest absolute Gasteiger partial charge is 0.321 e. The van der Waals surface area contributed by atoms with E-state index < -0.39 is 22.5 Å². The molecule has 0 aliphatic heterocycles. The number of Topliss-reactive ketones (excluding diaryl/α,β-unsaturated/α-hetero) is 1. The van der Waals surface area contributed by atoms with Crippen LogP contribution >= 0.6 is 22.9 Å². The van der Waals surface area contributed by atoms with Gasteiger partial charge in [0, 0.05) is 23.6 Å². The van der Waals surface area contributed by atoms with Gasteiger partial charge in [0.05, 0.1) is 15.6 Å². The fourth-order valence-electron chi connectivity index (χ4n) is 2.64. The number of thiazole rings is 1. The number of carbonyl (C=O) groups is 2. The van der Waals surface area contributed by atoms with Gasteiger partial charge >= 0.3 is 5.97 Å². The molecule has 3 aromatic rings. The molecule has 0 radical (unpaired) electrons. The maximum Gasteiger partial charge on any atom is 0.321 e. The fraction of sp³-hybridized carbons (Fsp3) is 0.190. The van der Waals surface area contributed by atoms with E-state index >= 15 is 0 Å². The number of carbonyl (C=O) groups excluding carboxylic acids is 2. The summed E-state index contributed by atoms with van der Waals surface area (Å²) in [5, 5.41) is 3.03. The Bertz CT molecular complexity index is 1210. The first-order valence-electron chi connectivity index (χ1n) is 9.11. The molecule has 0 N–H and O–H groups in total. The summed E-state index contributed by atoms with van der Waals surface area (Å²) in [6.45, 7) is 0.852. The normalized spacial score (nSPS) is 11.5. The number of ketones is 1. The van der Waals surface area contributed by atoms with Gasteiger partial charge in [0.25, 0.3) is 0 Å². The van der Waals surface area contributed by atoms with Gasteiger partial charge < -0.3 is 4.74 Å². The van der Waals surface area contributed by atoms with Gasteiger partial charge in [-0.1, -0.05) is 41.9 Å². The van der Waals surface area contributed by atoms with Crippen LogP contribution in [0, 0.1) is 0 Å². The minimum atomic E-state index is -3.90. The van der Waals surface area contributed by atoms with Gasteiger partial charge in [-0.3, -0.25) is 9.59 Å². The topological polar surface area (TPSA) is 93.6 Å². The van der Waals surface area contributed by atoms with Crippen molar-refractivity contribution >= 4 is 44.7 Å². The van der Waals surface area contributed by atoms with Crippen LogP contribution in [0.4, 0.5) is 0 Å². The lowest BCUT2D eigenvalue weighted by molar-refractivity contribution is -0.145. The van der Waals surface area contributed by atoms with Gasteiger partial charge in [-0.2, -0.15) is 4.31 Å². The molecule has 0 fully saturated rings. The lowest BCUT2D eigenvalue weighted by Crippen LogP contribution is -2.33. The SMILES string of the molecule is CC(=O)c1ccc(S(=O)(=O)N(C)CC(=O)OCc2csc(-c3ccccc3Cl)n2)cc1. The number of esters is 1. The molecule has 0 atom stereocenters. The van der Waals surface area contributed by atoms with Crippen molar-refractivity contribution in [3.8, 4) is 10.6 Å². The van der Waals surface area contributed by atoms with Crippen molar-refractivity contribution in [2.24, 2.45) is 0 Å². The summed E-state index contributed by atoms with van der Waals surface area (Å²) >= 11 is 7.54. The highest BCUT2D eigenvalue weighted by Gasteiger charge is 2.24. The minimum Gasteiger partial charge on any atom is -0.458 e. The number of hydrogen-bond acceptors (Lipinski definition) is 7. The third-order valence-electron chi connectivity index (χ3n) is 4.36. The molecule has 0 aliphatic carbocycles. The van der Waals surface area contributed by atoms with Crippen LogP contribution < -0.4 is 0 Å². The Hall–Kier alpha value is -2.59. The van der Waals surface area contributed by atoms with Crippen LogP contribution in [0.25, 0.3) is 10.6 Å². The molecule has 162 valence electrons. The average molecular weight is 479 g/mol. The van der Waals surface area contributed by atoms with Crippen LogP contribution in [0.15, 0.2) is 58.8 Å².